The van der Waals surface area contributed by atoms with Crippen LogP contribution in [0.15, 0.2) is 61.1 Å². The summed E-state index contributed by atoms with van der Waals surface area (Å²) in [5.74, 6) is 1.54. The molecule has 2 aromatic heterocycles. The standard InChI is InChI=1S/C28H30N4O5/c1-5-34-18-12-10-17(11-13-18)19-14-32(27-24-22(15-35-27)36-28(2,3)37-24)26-23(19)25(29-16-30-26)31-20-8-6-7-9-21(20)33-4/h6-14,16,22,24,27H,5,15H2,1-4H3,(H,29,30,31)/t22-,24-,27-/m1/s1. The topological polar surface area (TPSA) is 88.9 Å². The maximum absolute atomic E-state index is 6.24. The van der Waals surface area contributed by atoms with E-state index in [9.17, 15) is 0 Å². The molecule has 0 unspecified atom stereocenters. The molecule has 6 rings (SSSR count). The van der Waals surface area contributed by atoms with Crippen LogP contribution in [0, 0.1) is 0 Å². The number of ether oxygens (including phenoxy) is 5. The molecule has 2 aromatic carbocycles. The second-order valence-electron chi connectivity index (χ2n) is 9.52. The summed E-state index contributed by atoms with van der Waals surface area (Å²) in [7, 11) is 1.65. The van der Waals surface area contributed by atoms with Crippen LogP contribution < -0.4 is 14.8 Å². The van der Waals surface area contributed by atoms with E-state index in [0.29, 0.717) is 19.0 Å². The number of nitrogens with zero attached hydrogens (tertiary/aromatic N) is 3. The molecule has 0 amide bonds. The van der Waals surface area contributed by atoms with Gasteiger partial charge in [0.1, 0.15) is 41.5 Å². The minimum absolute atomic E-state index is 0.139. The van der Waals surface area contributed by atoms with Gasteiger partial charge in [-0.1, -0.05) is 24.3 Å². The number of aromatic nitrogens is 3. The Kier molecular flexibility index (Phi) is 5.98. The highest BCUT2D eigenvalue weighted by molar-refractivity contribution is 6.02. The van der Waals surface area contributed by atoms with Crippen molar-refractivity contribution >= 4 is 22.5 Å². The first kappa shape index (κ1) is 23.7. The first-order valence-electron chi connectivity index (χ1n) is 12.4. The van der Waals surface area contributed by atoms with Crippen molar-refractivity contribution < 1.29 is 23.7 Å². The third kappa shape index (κ3) is 4.29. The maximum Gasteiger partial charge on any atom is 0.164 e. The molecule has 2 aliphatic rings. The van der Waals surface area contributed by atoms with Crippen LogP contribution in [0.3, 0.4) is 0 Å². The van der Waals surface area contributed by atoms with E-state index in [2.05, 4.69) is 16.5 Å². The smallest absolute Gasteiger partial charge is 0.164 e. The van der Waals surface area contributed by atoms with Crippen molar-refractivity contribution in [2.75, 3.05) is 25.6 Å². The molecule has 4 aromatic rings. The van der Waals surface area contributed by atoms with E-state index in [0.717, 1.165) is 39.3 Å². The Labute approximate surface area is 215 Å². The quantitative estimate of drug-likeness (QED) is 0.364. The Balaban J connectivity index is 1.49. The number of nitrogens with one attached hydrogen (secondary N) is 1. The highest BCUT2D eigenvalue weighted by Gasteiger charge is 2.51. The van der Waals surface area contributed by atoms with E-state index in [1.54, 1.807) is 13.4 Å². The van der Waals surface area contributed by atoms with E-state index in [4.69, 9.17) is 28.7 Å². The summed E-state index contributed by atoms with van der Waals surface area (Å²) < 4.78 is 31.7. The van der Waals surface area contributed by atoms with Crippen LogP contribution >= 0.6 is 0 Å². The predicted octanol–water partition coefficient (Wildman–Crippen LogP) is 5.30. The fraction of sp³-hybridized carbons (Fsp3) is 0.357. The van der Waals surface area contributed by atoms with Crippen molar-refractivity contribution in [3.05, 3.63) is 61.1 Å². The highest BCUT2D eigenvalue weighted by Crippen LogP contribution is 2.44. The summed E-state index contributed by atoms with van der Waals surface area (Å²) in [6.45, 7) is 6.89. The molecule has 0 spiro atoms. The zero-order valence-corrected chi connectivity index (χ0v) is 21.3. The van der Waals surface area contributed by atoms with Gasteiger partial charge in [0.2, 0.25) is 0 Å². The lowest BCUT2D eigenvalue weighted by atomic mass is 10.1. The van der Waals surface area contributed by atoms with Gasteiger partial charge < -0.3 is 33.6 Å². The lowest BCUT2D eigenvalue weighted by Gasteiger charge is -2.23. The Morgan fingerprint density at radius 2 is 1.89 bits per heavy atom. The molecule has 1 N–H and O–H groups in total. The number of rotatable bonds is 7. The van der Waals surface area contributed by atoms with Gasteiger partial charge in [-0.2, -0.15) is 0 Å². The number of benzene rings is 2. The molecule has 192 valence electrons. The van der Waals surface area contributed by atoms with Gasteiger partial charge in [-0.05, 0) is 50.6 Å². The second-order valence-corrected chi connectivity index (χ2v) is 9.52. The van der Waals surface area contributed by atoms with Crippen molar-refractivity contribution in [2.24, 2.45) is 0 Å². The molecular formula is C28H30N4O5. The molecule has 2 fully saturated rings. The third-order valence-corrected chi connectivity index (χ3v) is 6.65. The van der Waals surface area contributed by atoms with Crippen LogP contribution in [-0.2, 0) is 14.2 Å². The van der Waals surface area contributed by atoms with Gasteiger partial charge in [-0.25, -0.2) is 9.97 Å². The fourth-order valence-electron chi connectivity index (χ4n) is 5.13. The molecular weight excluding hydrogens is 472 g/mol. The molecule has 9 nitrogen and oxygen atoms in total. The zero-order chi connectivity index (χ0) is 25.6. The van der Waals surface area contributed by atoms with E-state index >= 15 is 0 Å². The molecule has 2 aliphatic heterocycles. The normalized spacial score (nSPS) is 22.2. The van der Waals surface area contributed by atoms with Crippen LogP contribution in [0.25, 0.3) is 22.2 Å². The van der Waals surface area contributed by atoms with Crippen LogP contribution in [0.4, 0.5) is 11.5 Å². The Morgan fingerprint density at radius 1 is 1.08 bits per heavy atom. The van der Waals surface area contributed by atoms with E-state index < -0.39 is 5.79 Å². The minimum Gasteiger partial charge on any atom is -0.495 e. The average Bonchev–Trinajstić information content (AvgIpc) is 3.55. The molecule has 4 heterocycles. The van der Waals surface area contributed by atoms with Gasteiger partial charge in [0, 0.05) is 11.8 Å². The molecule has 0 radical (unpaired) electrons. The lowest BCUT2D eigenvalue weighted by Crippen LogP contribution is -2.27. The SMILES string of the molecule is CCOc1ccc(-c2cn([C@@H]3OC[C@H]4OC(C)(C)O[C@@H]34)c3ncnc(Nc4ccccc4OC)c23)cc1. The van der Waals surface area contributed by atoms with Gasteiger partial charge >= 0.3 is 0 Å². The summed E-state index contributed by atoms with van der Waals surface area (Å²) in [4.78, 5) is 9.32. The van der Waals surface area contributed by atoms with Gasteiger partial charge in [0.15, 0.2) is 12.0 Å². The molecule has 0 saturated carbocycles. The van der Waals surface area contributed by atoms with Crippen LogP contribution in [0.2, 0.25) is 0 Å². The van der Waals surface area contributed by atoms with Crippen molar-refractivity contribution in [1.82, 2.24) is 14.5 Å². The number of methoxy groups -OCH3 is 1. The second kappa shape index (κ2) is 9.33. The van der Waals surface area contributed by atoms with E-state index in [1.165, 1.54) is 0 Å². The number of anilines is 2. The predicted molar refractivity (Wildman–Crippen MR) is 139 cm³/mol. The van der Waals surface area contributed by atoms with Gasteiger partial charge in [0.05, 0.1) is 31.4 Å². The molecule has 37 heavy (non-hydrogen) atoms. The lowest BCUT2D eigenvalue weighted by molar-refractivity contribution is -0.183. The minimum atomic E-state index is -0.663. The highest BCUT2D eigenvalue weighted by atomic mass is 16.8. The summed E-state index contributed by atoms with van der Waals surface area (Å²) in [5, 5.41) is 4.32. The Bertz CT molecular complexity index is 1420. The Hall–Kier alpha value is -3.66. The molecule has 3 atom stereocenters. The van der Waals surface area contributed by atoms with Gasteiger partial charge in [-0.3, -0.25) is 0 Å². The third-order valence-electron chi connectivity index (χ3n) is 6.65. The molecule has 0 aliphatic carbocycles. The summed E-state index contributed by atoms with van der Waals surface area (Å²) >= 11 is 0. The number of hydrogen-bond acceptors (Lipinski definition) is 8. The van der Waals surface area contributed by atoms with Crippen molar-refractivity contribution in [2.45, 2.75) is 45.0 Å². The molecule has 2 saturated heterocycles. The number of fused-ring (bicyclic) bond motifs is 2. The monoisotopic (exact) mass is 502 g/mol. The van der Waals surface area contributed by atoms with Crippen molar-refractivity contribution in [1.29, 1.82) is 0 Å². The average molecular weight is 503 g/mol. The maximum atomic E-state index is 6.24. The first-order chi connectivity index (χ1) is 18.0. The van der Waals surface area contributed by atoms with Crippen LogP contribution in [0.5, 0.6) is 11.5 Å². The van der Waals surface area contributed by atoms with Gasteiger partial charge in [-0.15, -0.1) is 0 Å². The van der Waals surface area contributed by atoms with Crippen molar-refractivity contribution in [3.63, 3.8) is 0 Å². The summed E-state index contributed by atoms with van der Waals surface area (Å²) in [6, 6.07) is 15.8. The number of hydrogen-bond donors (Lipinski definition) is 1. The van der Waals surface area contributed by atoms with E-state index in [-0.39, 0.29) is 18.4 Å². The first-order valence-corrected chi connectivity index (χ1v) is 12.4. The van der Waals surface area contributed by atoms with Gasteiger partial charge in [0.25, 0.3) is 0 Å². The van der Waals surface area contributed by atoms with E-state index in [1.807, 2.05) is 73.9 Å². The van der Waals surface area contributed by atoms with Crippen LogP contribution in [0.1, 0.15) is 27.0 Å². The summed E-state index contributed by atoms with van der Waals surface area (Å²) in [6.07, 6.45) is 2.84. The number of para-hydroxylation sites is 2. The van der Waals surface area contributed by atoms with Crippen LogP contribution in [-0.4, -0.2) is 52.9 Å². The fourth-order valence-corrected chi connectivity index (χ4v) is 5.13. The summed E-state index contributed by atoms with van der Waals surface area (Å²) in [5.41, 5.74) is 3.50. The van der Waals surface area contributed by atoms with Crippen molar-refractivity contribution in [3.8, 4) is 22.6 Å². The Morgan fingerprint density at radius 3 is 2.68 bits per heavy atom. The zero-order valence-electron chi connectivity index (χ0n) is 21.3. The largest absolute Gasteiger partial charge is 0.495 e. The molecule has 9 heteroatoms. The molecule has 0 bridgehead atoms.